The van der Waals surface area contributed by atoms with E-state index in [0.29, 0.717) is 12.2 Å². The molecule has 1 atom stereocenters. The van der Waals surface area contributed by atoms with Crippen molar-refractivity contribution in [2.45, 2.75) is 40.0 Å². The second-order valence-electron chi connectivity index (χ2n) is 5.34. The monoisotopic (exact) mass is 204 g/mol. The van der Waals surface area contributed by atoms with Crippen molar-refractivity contribution in [3.8, 4) is 0 Å². The van der Waals surface area contributed by atoms with E-state index in [4.69, 9.17) is 0 Å². The first-order chi connectivity index (χ1) is 6.90. The minimum absolute atomic E-state index is 0.0189. The van der Waals surface area contributed by atoms with Gasteiger partial charge in [0.1, 0.15) is 5.78 Å². The Kier molecular flexibility index (Phi) is 3.67. The Labute approximate surface area is 92.5 Å². The average Bonchev–Trinajstić information content (AvgIpc) is 2.15. The average molecular weight is 204 g/mol. The smallest absolute Gasteiger partial charge is 0.140 e. The van der Waals surface area contributed by atoms with E-state index in [-0.39, 0.29) is 11.3 Å². The normalized spacial score (nSPS) is 13.6. The molecule has 0 aliphatic rings. The Balaban J connectivity index is 2.70. The summed E-state index contributed by atoms with van der Waals surface area (Å²) in [6, 6.07) is 9.98. The highest BCUT2D eigenvalue weighted by Crippen LogP contribution is 2.25. The summed E-state index contributed by atoms with van der Waals surface area (Å²) in [5.74, 6) is 0.346. The zero-order valence-corrected chi connectivity index (χ0v) is 10.1. The molecule has 1 aromatic rings. The topological polar surface area (TPSA) is 17.1 Å². The van der Waals surface area contributed by atoms with Gasteiger partial charge in [-0.1, -0.05) is 58.0 Å². The van der Waals surface area contributed by atoms with E-state index < -0.39 is 0 Å². The standard InChI is InChI=1S/C14H20O/c1-11(12-8-6-5-7-9-12)13(15)10-14(2,3)4/h5-9,11H,10H2,1-4H3/t11-/m1/s1. The van der Waals surface area contributed by atoms with Crippen LogP contribution in [-0.4, -0.2) is 5.78 Å². The maximum Gasteiger partial charge on any atom is 0.140 e. The molecule has 0 radical (unpaired) electrons. The fourth-order valence-corrected chi connectivity index (χ4v) is 1.60. The van der Waals surface area contributed by atoms with Crippen LogP contribution in [0.15, 0.2) is 30.3 Å². The molecule has 0 aromatic heterocycles. The van der Waals surface area contributed by atoms with E-state index >= 15 is 0 Å². The fourth-order valence-electron chi connectivity index (χ4n) is 1.60. The van der Waals surface area contributed by atoms with Crippen LogP contribution in [-0.2, 0) is 4.79 Å². The van der Waals surface area contributed by atoms with Gasteiger partial charge in [0.05, 0.1) is 0 Å². The van der Waals surface area contributed by atoms with E-state index in [1.165, 1.54) is 0 Å². The minimum Gasteiger partial charge on any atom is -0.299 e. The van der Waals surface area contributed by atoms with Gasteiger partial charge in [-0.3, -0.25) is 4.79 Å². The van der Waals surface area contributed by atoms with Crippen LogP contribution in [0.4, 0.5) is 0 Å². The molecule has 0 aliphatic heterocycles. The molecule has 0 bridgehead atoms. The van der Waals surface area contributed by atoms with Crippen molar-refractivity contribution in [2.75, 3.05) is 0 Å². The number of carbonyl (C=O) groups is 1. The second-order valence-corrected chi connectivity index (χ2v) is 5.34. The lowest BCUT2D eigenvalue weighted by Crippen LogP contribution is -2.17. The van der Waals surface area contributed by atoms with Gasteiger partial charge >= 0.3 is 0 Å². The Morgan fingerprint density at radius 1 is 1.20 bits per heavy atom. The van der Waals surface area contributed by atoms with Gasteiger partial charge in [0, 0.05) is 12.3 Å². The van der Waals surface area contributed by atoms with Crippen LogP contribution in [0, 0.1) is 5.41 Å². The first-order valence-corrected chi connectivity index (χ1v) is 5.48. The Hall–Kier alpha value is -1.11. The largest absolute Gasteiger partial charge is 0.299 e. The zero-order chi connectivity index (χ0) is 11.5. The van der Waals surface area contributed by atoms with Crippen molar-refractivity contribution in [1.82, 2.24) is 0 Å². The number of carbonyl (C=O) groups excluding carboxylic acids is 1. The number of hydrogen-bond acceptors (Lipinski definition) is 1. The highest BCUT2D eigenvalue weighted by Gasteiger charge is 2.21. The summed E-state index contributed by atoms with van der Waals surface area (Å²) in [5, 5.41) is 0. The summed E-state index contributed by atoms with van der Waals surface area (Å²) in [6.45, 7) is 8.29. The molecule has 82 valence electrons. The number of rotatable bonds is 3. The van der Waals surface area contributed by atoms with Crippen LogP contribution in [0.1, 0.15) is 45.6 Å². The lowest BCUT2D eigenvalue weighted by atomic mass is 9.84. The lowest BCUT2D eigenvalue weighted by Gasteiger charge is -2.20. The van der Waals surface area contributed by atoms with Crippen molar-refractivity contribution < 1.29 is 4.79 Å². The second kappa shape index (κ2) is 4.61. The van der Waals surface area contributed by atoms with Crippen molar-refractivity contribution in [3.63, 3.8) is 0 Å². The summed E-state index contributed by atoms with van der Waals surface area (Å²) in [5.41, 5.74) is 1.20. The molecule has 1 rings (SSSR count). The van der Waals surface area contributed by atoms with Gasteiger partial charge in [-0.15, -0.1) is 0 Å². The molecule has 0 fully saturated rings. The fraction of sp³-hybridized carbons (Fsp3) is 0.500. The Morgan fingerprint density at radius 3 is 2.20 bits per heavy atom. The molecule has 0 aliphatic carbocycles. The molecule has 0 saturated heterocycles. The van der Waals surface area contributed by atoms with E-state index in [0.717, 1.165) is 5.56 Å². The molecule has 0 heterocycles. The van der Waals surface area contributed by atoms with Gasteiger partial charge in [0.25, 0.3) is 0 Å². The summed E-state index contributed by atoms with van der Waals surface area (Å²) in [7, 11) is 0. The van der Waals surface area contributed by atoms with Crippen LogP contribution in [0.2, 0.25) is 0 Å². The van der Waals surface area contributed by atoms with Gasteiger partial charge in [0.15, 0.2) is 0 Å². The SMILES string of the molecule is C[C@@H](C(=O)CC(C)(C)C)c1ccccc1. The third-order valence-corrected chi connectivity index (χ3v) is 2.49. The Morgan fingerprint density at radius 2 is 1.73 bits per heavy atom. The predicted octanol–water partition coefficient (Wildman–Crippen LogP) is 3.80. The van der Waals surface area contributed by atoms with E-state index in [1.54, 1.807) is 0 Å². The number of ketones is 1. The van der Waals surface area contributed by atoms with Gasteiger partial charge in [-0.25, -0.2) is 0 Å². The molecule has 0 amide bonds. The van der Waals surface area contributed by atoms with Crippen molar-refractivity contribution >= 4 is 5.78 Å². The van der Waals surface area contributed by atoms with Gasteiger partial charge in [-0.05, 0) is 11.0 Å². The number of benzene rings is 1. The third kappa shape index (κ3) is 3.86. The van der Waals surface area contributed by atoms with Crippen LogP contribution >= 0.6 is 0 Å². The van der Waals surface area contributed by atoms with E-state index in [9.17, 15) is 4.79 Å². The lowest BCUT2D eigenvalue weighted by molar-refractivity contribution is -0.121. The summed E-state index contributed by atoms with van der Waals surface area (Å²) < 4.78 is 0. The summed E-state index contributed by atoms with van der Waals surface area (Å²) >= 11 is 0. The molecule has 1 heteroatoms. The van der Waals surface area contributed by atoms with Gasteiger partial charge in [-0.2, -0.15) is 0 Å². The van der Waals surface area contributed by atoms with Crippen LogP contribution in [0.25, 0.3) is 0 Å². The molecule has 0 N–H and O–H groups in total. The molecule has 0 saturated carbocycles. The summed E-state index contributed by atoms with van der Waals surface area (Å²) in [4.78, 5) is 12.0. The molecular formula is C14H20O. The van der Waals surface area contributed by atoms with Crippen molar-refractivity contribution in [2.24, 2.45) is 5.41 Å². The molecule has 0 unspecified atom stereocenters. The van der Waals surface area contributed by atoms with Crippen LogP contribution in [0.5, 0.6) is 0 Å². The molecule has 15 heavy (non-hydrogen) atoms. The highest BCUT2D eigenvalue weighted by atomic mass is 16.1. The van der Waals surface area contributed by atoms with Gasteiger partial charge < -0.3 is 0 Å². The van der Waals surface area contributed by atoms with Crippen LogP contribution < -0.4 is 0 Å². The molecule has 0 spiro atoms. The molecule has 1 aromatic carbocycles. The highest BCUT2D eigenvalue weighted by molar-refractivity contribution is 5.85. The molecule has 1 nitrogen and oxygen atoms in total. The maximum atomic E-state index is 12.0. The van der Waals surface area contributed by atoms with Gasteiger partial charge in [0.2, 0.25) is 0 Å². The quantitative estimate of drug-likeness (QED) is 0.732. The number of Topliss-reactive ketones (excluding diaryl/α,β-unsaturated/α-hetero) is 1. The first-order valence-electron chi connectivity index (χ1n) is 5.48. The van der Waals surface area contributed by atoms with Crippen molar-refractivity contribution in [3.05, 3.63) is 35.9 Å². The molecular weight excluding hydrogens is 184 g/mol. The summed E-state index contributed by atoms with van der Waals surface area (Å²) in [6.07, 6.45) is 0.642. The van der Waals surface area contributed by atoms with E-state index in [1.807, 2.05) is 37.3 Å². The van der Waals surface area contributed by atoms with Crippen LogP contribution in [0.3, 0.4) is 0 Å². The van der Waals surface area contributed by atoms with Crippen molar-refractivity contribution in [1.29, 1.82) is 0 Å². The number of hydrogen-bond donors (Lipinski definition) is 0. The zero-order valence-electron chi connectivity index (χ0n) is 10.1. The predicted molar refractivity (Wildman–Crippen MR) is 63.9 cm³/mol. The Bertz CT molecular complexity index is 319. The van der Waals surface area contributed by atoms with E-state index in [2.05, 4.69) is 20.8 Å². The first kappa shape index (κ1) is 12.0. The maximum absolute atomic E-state index is 12.0. The third-order valence-electron chi connectivity index (χ3n) is 2.49. The minimum atomic E-state index is 0.0189.